The van der Waals surface area contributed by atoms with Crippen LogP contribution in [0, 0.1) is 0 Å². The van der Waals surface area contributed by atoms with Crippen LogP contribution >= 0.6 is 0 Å². The Bertz CT molecular complexity index is 970. The molecule has 136 valence electrons. The Morgan fingerprint density at radius 2 is 1.44 bits per heavy atom. The molecule has 0 saturated heterocycles. The summed E-state index contributed by atoms with van der Waals surface area (Å²) in [6, 6.07) is 17.9. The zero-order valence-corrected chi connectivity index (χ0v) is 16.5. The normalized spacial score (nSPS) is 10.3. The van der Waals surface area contributed by atoms with Crippen LogP contribution in [0.15, 0.2) is 65.6 Å². The van der Waals surface area contributed by atoms with E-state index in [2.05, 4.69) is 4.98 Å². The van der Waals surface area contributed by atoms with Crippen LogP contribution in [-0.4, -0.2) is 42.2 Å². The van der Waals surface area contributed by atoms with Gasteiger partial charge in [-0.2, -0.15) is 0 Å². The Hall–Kier alpha value is -3.02. The van der Waals surface area contributed by atoms with Crippen LogP contribution in [0.1, 0.15) is 24.2 Å². The molecule has 0 spiro atoms. The SMILES string of the molecule is CC(=O)N(C(=O)c1ccccc1)N(C(C)=O)c1nc(-c2ccccc2)c[se]1. The molecule has 3 aromatic rings. The average Bonchev–Trinajstić information content (AvgIpc) is 3.16. The van der Waals surface area contributed by atoms with Crippen molar-refractivity contribution < 1.29 is 14.4 Å². The molecule has 3 rings (SSSR count). The summed E-state index contributed by atoms with van der Waals surface area (Å²) in [5, 5.41) is 1.95. The summed E-state index contributed by atoms with van der Waals surface area (Å²) in [6.07, 6.45) is 0. The average molecular weight is 426 g/mol. The van der Waals surface area contributed by atoms with Crippen molar-refractivity contribution in [1.82, 2.24) is 9.99 Å². The predicted molar refractivity (Wildman–Crippen MR) is 103 cm³/mol. The molecule has 0 aliphatic heterocycles. The summed E-state index contributed by atoms with van der Waals surface area (Å²) < 4.78 is 0.397. The number of rotatable bonds is 3. The Kier molecular flexibility index (Phi) is 5.64. The standard InChI is InChI=1S/C20H17N3O3Se/c1-14(24)22(19(26)17-11-7-4-8-12-17)23(15(2)25)20-21-18(13-27-20)16-9-5-3-6-10-16/h3-13H,1-2H3. The van der Waals surface area contributed by atoms with Crippen molar-refractivity contribution in [2.24, 2.45) is 0 Å². The van der Waals surface area contributed by atoms with Gasteiger partial charge in [-0.3, -0.25) is 0 Å². The van der Waals surface area contributed by atoms with Crippen LogP contribution < -0.4 is 5.01 Å². The molecule has 0 radical (unpaired) electrons. The first-order valence-electron chi connectivity index (χ1n) is 8.20. The number of carbonyl (C=O) groups is 3. The van der Waals surface area contributed by atoms with Gasteiger partial charge in [-0.15, -0.1) is 0 Å². The van der Waals surface area contributed by atoms with Crippen molar-refractivity contribution in [2.45, 2.75) is 13.8 Å². The van der Waals surface area contributed by atoms with Gasteiger partial charge in [0, 0.05) is 0 Å². The second kappa shape index (κ2) is 8.12. The number of amides is 3. The van der Waals surface area contributed by atoms with Gasteiger partial charge in [0.2, 0.25) is 0 Å². The topological polar surface area (TPSA) is 70.6 Å². The van der Waals surface area contributed by atoms with E-state index < -0.39 is 17.7 Å². The number of benzene rings is 2. The van der Waals surface area contributed by atoms with Crippen molar-refractivity contribution in [2.75, 3.05) is 5.01 Å². The van der Waals surface area contributed by atoms with Crippen molar-refractivity contribution in [3.05, 3.63) is 71.2 Å². The summed E-state index contributed by atoms with van der Waals surface area (Å²) in [6.45, 7) is 2.57. The molecule has 0 aliphatic rings. The number of imide groups is 1. The Balaban J connectivity index is 2.01. The molecule has 1 heterocycles. The second-order valence-electron chi connectivity index (χ2n) is 5.71. The third kappa shape index (κ3) is 4.05. The third-order valence-electron chi connectivity index (χ3n) is 3.75. The Labute approximate surface area is 162 Å². The van der Waals surface area contributed by atoms with Gasteiger partial charge in [0.25, 0.3) is 0 Å². The monoisotopic (exact) mass is 427 g/mol. The van der Waals surface area contributed by atoms with Crippen LogP contribution in [0.25, 0.3) is 11.3 Å². The van der Waals surface area contributed by atoms with E-state index in [9.17, 15) is 14.4 Å². The van der Waals surface area contributed by atoms with E-state index in [1.165, 1.54) is 13.8 Å². The summed E-state index contributed by atoms with van der Waals surface area (Å²) in [4.78, 5) is 43.9. The molecule has 0 unspecified atom stereocenters. The third-order valence-corrected chi connectivity index (χ3v) is 5.46. The van der Waals surface area contributed by atoms with Gasteiger partial charge in [-0.05, 0) is 0 Å². The van der Waals surface area contributed by atoms with Crippen molar-refractivity contribution >= 4 is 36.9 Å². The van der Waals surface area contributed by atoms with Gasteiger partial charge in [0.15, 0.2) is 0 Å². The van der Waals surface area contributed by atoms with Crippen LogP contribution in [0.5, 0.6) is 0 Å². The fraction of sp³-hybridized carbons (Fsp3) is 0.100. The Morgan fingerprint density at radius 1 is 0.852 bits per heavy atom. The molecular formula is C20H17N3O3Se. The van der Waals surface area contributed by atoms with E-state index in [1.54, 1.807) is 30.3 Å². The van der Waals surface area contributed by atoms with Crippen molar-refractivity contribution in [1.29, 1.82) is 0 Å². The van der Waals surface area contributed by atoms with Crippen LogP contribution in [-0.2, 0) is 9.59 Å². The van der Waals surface area contributed by atoms with Crippen LogP contribution in [0.4, 0.5) is 4.69 Å². The molecule has 0 aliphatic carbocycles. The fourth-order valence-corrected chi connectivity index (χ4v) is 4.36. The zero-order chi connectivity index (χ0) is 19.4. The quantitative estimate of drug-likeness (QED) is 0.477. The van der Waals surface area contributed by atoms with Gasteiger partial charge >= 0.3 is 163 Å². The van der Waals surface area contributed by atoms with Gasteiger partial charge in [-0.1, -0.05) is 0 Å². The molecule has 0 bridgehead atoms. The van der Waals surface area contributed by atoms with E-state index >= 15 is 0 Å². The minimum absolute atomic E-state index is 0.290. The van der Waals surface area contributed by atoms with Crippen molar-refractivity contribution in [3.8, 4) is 11.3 Å². The predicted octanol–water partition coefficient (Wildman–Crippen LogP) is 2.76. The van der Waals surface area contributed by atoms with Gasteiger partial charge in [0.05, 0.1) is 0 Å². The maximum atomic E-state index is 12.9. The van der Waals surface area contributed by atoms with E-state index in [1.807, 2.05) is 35.3 Å². The van der Waals surface area contributed by atoms with Gasteiger partial charge < -0.3 is 0 Å². The number of nitrogens with zero attached hydrogens (tertiary/aromatic N) is 3. The molecule has 0 fully saturated rings. The first-order valence-corrected chi connectivity index (χ1v) is 10.0. The summed E-state index contributed by atoms with van der Waals surface area (Å²) >= 11 is -0.290. The number of hydrazine groups is 1. The Morgan fingerprint density at radius 3 is 2.00 bits per heavy atom. The van der Waals surface area contributed by atoms with E-state index in [0.717, 1.165) is 21.3 Å². The fourth-order valence-electron chi connectivity index (χ4n) is 2.54. The maximum absolute atomic E-state index is 12.9. The van der Waals surface area contributed by atoms with E-state index in [4.69, 9.17) is 0 Å². The zero-order valence-electron chi connectivity index (χ0n) is 14.8. The number of aromatic nitrogens is 1. The molecule has 0 N–H and O–H groups in total. The van der Waals surface area contributed by atoms with Gasteiger partial charge in [-0.25, -0.2) is 0 Å². The van der Waals surface area contributed by atoms with Crippen molar-refractivity contribution in [3.63, 3.8) is 0 Å². The molecule has 3 amide bonds. The molecule has 0 atom stereocenters. The van der Waals surface area contributed by atoms with E-state index in [-0.39, 0.29) is 14.5 Å². The minimum atomic E-state index is -0.565. The molecule has 0 saturated carbocycles. The number of carbonyl (C=O) groups excluding carboxylic acids is 3. The van der Waals surface area contributed by atoms with Crippen LogP contribution in [0.3, 0.4) is 0 Å². The van der Waals surface area contributed by atoms with Crippen LogP contribution in [0.2, 0.25) is 0 Å². The van der Waals surface area contributed by atoms with E-state index in [0.29, 0.717) is 10.3 Å². The first kappa shape index (κ1) is 18.8. The number of anilines is 1. The summed E-state index contributed by atoms with van der Waals surface area (Å²) in [7, 11) is 0. The molecule has 27 heavy (non-hydrogen) atoms. The molecule has 1 aromatic heterocycles. The molecule has 6 nitrogen and oxygen atoms in total. The number of hydrogen-bond donors (Lipinski definition) is 0. The second-order valence-corrected chi connectivity index (χ2v) is 7.47. The summed E-state index contributed by atoms with van der Waals surface area (Å²) in [5.41, 5.74) is 1.97. The van der Waals surface area contributed by atoms with Gasteiger partial charge in [0.1, 0.15) is 0 Å². The first-order chi connectivity index (χ1) is 13.0. The number of hydrogen-bond acceptors (Lipinski definition) is 4. The summed E-state index contributed by atoms with van der Waals surface area (Å²) in [5.74, 6) is -1.56. The molecule has 7 heteroatoms. The molecular weight excluding hydrogens is 409 g/mol. The molecule has 2 aromatic carbocycles.